The number of aliphatic imine (C=N–C) groups is 1. The average Bonchev–Trinajstić information content (AvgIpc) is 2.46. The molecule has 0 amide bonds. The third-order valence-corrected chi connectivity index (χ3v) is 2.99. The third-order valence-electron chi connectivity index (χ3n) is 2.99. The van der Waals surface area contributed by atoms with Gasteiger partial charge in [-0.1, -0.05) is 24.3 Å². The van der Waals surface area contributed by atoms with Crippen molar-refractivity contribution in [3.05, 3.63) is 35.4 Å². The average molecular weight is 420 g/mol. The Balaban J connectivity index is 0.00000441. The van der Waals surface area contributed by atoms with Crippen LogP contribution in [0.15, 0.2) is 29.3 Å². The minimum atomic E-state index is 0. The molecule has 0 aliphatic heterocycles. The van der Waals surface area contributed by atoms with Crippen molar-refractivity contribution in [3.63, 3.8) is 0 Å². The fraction of sp³-hybridized carbons (Fsp3) is 0.562. The summed E-state index contributed by atoms with van der Waals surface area (Å²) in [6, 6.07) is 8.61. The van der Waals surface area contributed by atoms with Crippen LogP contribution in [0.4, 0.5) is 0 Å². The number of halogens is 1. The molecule has 0 radical (unpaired) electrons. The van der Waals surface area contributed by atoms with E-state index < -0.39 is 0 Å². The first-order valence-corrected chi connectivity index (χ1v) is 7.31. The second-order valence-corrected chi connectivity index (χ2v) is 5.26. The van der Waals surface area contributed by atoms with Gasteiger partial charge in [0.25, 0.3) is 0 Å². The van der Waals surface area contributed by atoms with Crippen molar-refractivity contribution in [2.24, 2.45) is 4.99 Å². The van der Waals surface area contributed by atoms with Crippen LogP contribution < -0.4 is 10.6 Å². The number of rotatable bonds is 8. The summed E-state index contributed by atoms with van der Waals surface area (Å²) >= 11 is 0. The molecule has 0 spiro atoms. The van der Waals surface area contributed by atoms with Crippen LogP contribution in [0.25, 0.3) is 0 Å². The van der Waals surface area contributed by atoms with Crippen molar-refractivity contribution >= 4 is 29.9 Å². The lowest BCUT2D eigenvalue weighted by atomic mass is 10.1. The number of hydrogen-bond donors (Lipinski definition) is 2. The van der Waals surface area contributed by atoms with Crippen LogP contribution >= 0.6 is 24.0 Å². The zero-order valence-corrected chi connectivity index (χ0v) is 16.4. The number of nitrogens with one attached hydrogen (secondary N) is 2. The Morgan fingerprint density at radius 1 is 1.23 bits per heavy atom. The Hall–Kier alpha value is -0.860. The topological polar surface area (TPSA) is 48.9 Å². The highest BCUT2D eigenvalue weighted by Crippen LogP contribution is 2.06. The molecule has 6 heteroatoms. The second kappa shape index (κ2) is 12.7. The number of ether oxygens (including phenoxy) is 1. The van der Waals surface area contributed by atoms with E-state index in [0.29, 0.717) is 0 Å². The Morgan fingerprint density at radius 3 is 2.59 bits per heavy atom. The van der Waals surface area contributed by atoms with E-state index in [0.717, 1.165) is 38.6 Å². The minimum Gasteiger partial charge on any atom is -0.385 e. The lowest BCUT2D eigenvalue weighted by molar-refractivity contribution is 0.195. The molecule has 0 aromatic heterocycles. The molecule has 1 rings (SSSR count). The zero-order chi connectivity index (χ0) is 15.5. The minimum absolute atomic E-state index is 0. The van der Waals surface area contributed by atoms with Gasteiger partial charge in [-0.15, -0.1) is 24.0 Å². The molecule has 0 saturated heterocycles. The molecule has 1 aromatic rings. The monoisotopic (exact) mass is 420 g/mol. The van der Waals surface area contributed by atoms with Gasteiger partial charge < -0.3 is 20.3 Å². The summed E-state index contributed by atoms with van der Waals surface area (Å²) in [6.07, 6.45) is 0.968. The van der Waals surface area contributed by atoms with E-state index in [1.165, 1.54) is 11.1 Å². The highest BCUT2D eigenvalue weighted by Gasteiger charge is 2.00. The predicted molar refractivity (Wildman–Crippen MR) is 104 cm³/mol. The van der Waals surface area contributed by atoms with E-state index in [-0.39, 0.29) is 24.0 Å². The summed E-state index contributed by atoms with van der Waals surface area (Å²) in [5.41, 5.74) is 2.58. The van der Waals surface area contributed by atoms with Gasteiger partial charge in [-0.05, 0) is 31.6 Å². The van der Waals surface area contributed by atoms with E-state index in [1.807, 2.05) is 0 Å². The highest BCUT2D eigenvalue weighted by molar-refractivity contribution is 14.0. The molecule has 0 saturated carbocycles. The fourth-order valence-electron chi connectivity index (χ4n) is 2.03. The SMILES string of the molecule is CN=C(NCCCOC)NCc1cccc(CN(C)C)c1.I. The fourth-order valence-corrected chi connectivity index (χ4v) is 2.03. The van der Waals surface area contributed by atoms with Gasteiger partial charge in [-0.25, -0.2) is 0 Å². The van der Waals surface area contributed by atoms with Crippen LogP contribution in [0.1, 0.15) is 17.5 Å². The number of benzene rings is 1. The standard InChI is InChI=1S/C16H28N4O.HI/c1-17-16(18-9-6-10-21-4)19-12-14-7-5-8-15(11-14)13-20(2)3;/h5,7-8,11H,6,9-10,12-13H2,1-4H3,(H2,17,18,19);1H. The van der Waals surface area contributed by atoms with E-state index in [2.05, 4.69) is 58.9 Å². The Morgan fingerprint density at radius 2 is 1.95 bits per heavy atom. The first kappa shape index (κ1) is 21.1. The first-order valence-electron chi connectivity index (χ1n) is 7.31. The van der Waals surface area contributed by atoms with Gasteiger partial charge in [-0.2, -0.15) is 0 Å². The molecule has 126 valence electrons. The number of methoxy groups -OCH3 is 1. The Labute approximate surface area is 151 Å². The van der Waals surface area contributed by atoms with Gasteiger partial charge in [0.2, 0.25) is 0 Å². The van der Waals surface area contributed by atoms with Crippen LogP contribution in [0.5, 0.6) is 0 Å². The second-order valence-electron chi connectivity index (χ2n) is 5.26. The maximum Gasteiger partial charge on any atom is 0.191 e. The largest absolute Gasteiger partial charge is 0.385 e. The number of hydrogen-bond acceptors (Lipinski definition) is 3. The molecule has 5 nitrogen and oxygen atoms in total. The molecule has 0 aliphatic carbocycles. The molecule has 0 bridgehead atoms. The van der Waals surface area contributed by atoms with E-state index in [1.54, 1.807) is 14.2 Å². The van der Waals surface area contributed by atoms with Gasteiger partial charge in [0, 0.05) is 40.4 Å². The van der Waals surface area contributed by atoms with Gasteiger partial charge in [0.05, 0.1) is 0 Å². The van der Waals surface area contributed by atoms with Crippen LogP contribution in [0.2, 0.25) is 0 Å². The van der Waals surface area contributed by atoms with E-state index in [4.69, 9.17) is 4.74 Å². The summed E-state index contributed by atoms with van der Waals surface area (Å²) in [5.74, 6) is 0.823. The molecular weight excluding hydrogens is 391 g/mol. The number of nitrogens with zero attached hydrogens (tertiary/aromatic N) is 2. The van der Waals surface area contributed by atoms with Gasteiger partial charge in [-0.3, -0.25) is 4.99 Å². The van der Waals surface area contributed by atoms with Crippen LogP contribution in [0.3, 0.4) is 0 Å². The molecular formula is C16H29IN4O. The summed E-state index contributed by atoms with van der Waals surface area (Å²) in [4.78, 5) is 6.39. The first-order chi connectivity index (χ1) is 10.2. The van der Waals surface area contributed by atoms with Gasteiger partial charge >= 0.3 is 0 Å². The lowest BCUT2D eigenvalue weighted by Gasteiger charge is -2.13. The molecule has 0 heterocycles. The normalized spacial score (nSPS) is 11.2. The molecule has 0 atom stereocenters. The quantitative estimate of drug-likeness (QED) is 0.293. The van der Waals surface area contributed by atoms with Crippen molar-refractivity contribution in [2.75, 3.05) is 41.4 Å². The summed E-state index contributed by atoms with van der Waals surface area (Å²) in [7, 11) is 7.66. The van der Waals surface area contributed by atoms with E-state index in [9.17, 15) is 0 Å². The summed E-state index contributed by atoms with van der Waals surface area (Å²) in [5, 5.41) is 6.60. The highest BCUT2D eigenvalue weighted by atomic mass is 127. The lowest BCUT2D eigenvalue weighted by Crippen LogP contribution is -2.37. The molecule has 0 aliphatic rings. The van der Waals surface area contributed by atoms with Crippen molar-refractivity contribution < 1.29 is 4.74 Å². The molecule has 1 aromatic carbocycles. The Bertz CT molecular complexity index is 438. The zero-order valence-electron chi connectivity index (χ0n) is 14.1. The van der Waals surface area contributed by atoms with Gasteiger partial charge in [0.1, 0.15) is 0 Å². The summed E-state index contributed by atoms with van der Waals surface area (Å²) in [6.45, 7) is 3.34. The van der Waals surface area contributed by atoms with Crippen molar-refractivity contribution in [1.82, 2.24) is 15.5 Å². The maximum atomic E-state index is 5.03. The van der Waals surface area contributed by atoms with Crippen molar-refractivity contribution in [2.45, 2.75) is 19.5 Å². The smallest absolute Gasteiger partial charge is 0.191 e. The van der Waals surface area contributed by atoms with Crippen LogP contribution in [0, 0.1) is 0 Å². The predicted octanol–water partition coefficient (Wildman–Crippen LogP) is 2.07. The molecule has 0 unspecified atom stereocenters. The third kappa shape index (κ3) is 9.22. The molecule has 2 N–H and O–H groups in total. The van der Waals surface area contributed by atoms with Crippen LogP contribution in [-0.2, 0) is 17.8 Å². The molecule has 0 fully saturated rings. The van der Waals surface area contributed by atoms with Crippen molar-refractivity contribution in [1.29, 1.82) is 0 Å². The molecule has 22 heavy (non-hydrogen) atoms. The van der Waals surface area contributed by atoms with Crippen molar-refractivity contribution in [3.8, 4) is 0 Å². The van der Waals surface area contributed by atoms with E-state index >= 15 is 0 Å². The Kier molecular flexibility index (Phi) is 12.2. The summed E-state index contributed by atoms with van der Waals surface area (Å²) < 4.78 is 5.03. The maximum absolute atomic E-state index is 5.03. The number of guanidine groups is 1. The van der Waals surface area contributed by atoms with Gasteiger partial charge in [0.15, 0.2) is 5.96 Å². The van der Waals surface area contributed by atoms with Crippen LogP contribution in [-0.4, -0.2) is 52.3 Å².